The maximum Gasteiger partial charge on any atom is 0.247 e. The van der Waals surface area contributed by atoms with Crippen LogP contribution in [-0.4, -0.2) is 29.4 Å². The van der Waals surface area contributed by atoms with Gasteiger partial charge in [-0.2, -0.15) is 0 Å². The van der Waals surface area contributed by atoms with Gasteiger partial charge in [0.1, 0.15) is 18.1 Å². The van der Waals surface area contributed by atoms with Crippen LogP contribution in [-0.2, 0) is 17.8 Å². The van der Waals surface area contributed by atoms with Crippen molar-refractivity contribution in [2.45, 2.75) is 32.9 Å². The van der Waals surface area contributed by atoms with E-state index in [9.17, 15) is 4.79 Å². The van der Waals surface area contributed by atoms with Gasteiger partial charge in [-0.05, 0) is 67.3 Å². The van der Waals surface area contributed by atoms with E-state index in [1.807, 2.05) is 61.2 Å². The van der Waals surface area contributed by atoms with Gasteiger partial charge in [0.05, 0.1) is 13.2 Å². The Hall–Kier alpha value is -3.99. The number of carbonyl (C=O) groups excluding carboxylic acids is 1. The highest BCUT2D eigenvalue weighted by Gasteiger charge is 2.34. The lowest BCUT2D eigenvalue weighted by molar-refractivity contribution is -0.128. The Labute approximate surface area is 206 Å². The van der Waals surface area contributed by atoms with E-state index in [-0.39, 0.29) is 11.9 Å². The second-order valence-corrected chi connectivity index (χ2v) is 9.18. The summed E-state index contributed by atoms with van der Waals surface area (Å²) in [5.74, 6) is 1.66. The molecule has 0 saturated heterocycles. The summed E-state index contributed by atoms with van der Waals surface area (Å²) < 4.78 is 11.5. The van der Waals surface area contributed by atoms with Crippen LogP contribution in [0.4, 0.5) is 0 Å². The van der Waals surface area contributed by atoms with Crippen LogP contribution in [0, 0.1) is 0 Å². The van der Waals surface area contributed by atoms with Crippen LogP contribution < -0.4 is 9.47 Å². The summed E-state index contributed by atoms with van der Waals surface area (Å²) in [4.78, 5) is 18.8. The molecule has 1 aliphatic rings. The average Bonchev–Trinajstić information content (AvgIpc) is 3.25. The standard InChI is InChI=1S/C30H30N2O3/c1-20(2)17-28(33)32-16-15-25-26-18-24(34-3)13-14-27(26)31-29(25)30(32)22-9-11-23(12-10-22)35-19-21-7-5-4-6-8-21/h4-14,17-18,30-31H,15-16,19H2,1-3H3/t30-/m0/s1. The molecule has 1 atom stereocenters. The molecule has 5 rings (SSSR count). The zero-order valence-corrected chi connectivity index (χ0v) is 20.4. The molecule has 4 aromatic rings. The lowest BCUT2D eigenvalue weighted by Crippen LogP contribution is -2.39. The summed E-state index contributed by atoms with van der Waals surface area (Å²) in [6.45, 7) is 5.08. The molecule has 0 saturated carbocycles. The van der Waals surface area contributed by atoms with Gasteiger partial charge < -0.3 is 19.4 Å². The van der Waals surface area contributed by atoms with Crippen molar-refractivity contribution in [1.82, 2.24) is 9.88 Å². The van der Waals surface area contributed by atoms with Crippen molar-refractivity contribution >= 4 is 16.8 Å². The van der Waals surface area contributed by atoms with Gasteiger partial charge in [0.25, 0.3) is 0 Å². The number of carbonyl (C=O) groups is 1. The molecule has 0 unspecified atom stereocenters. The number of aromatic nitrogens is 1. The topological polar surface area (TPSA) is 54.6 Å². The van der Waals surface area contributed by atoms with Gasteiger partial charge in [-0.25, -0.2) is 0 Å². The summed E-state index contributed by atoms with van der Waals surface area (Å²) in [6, 6.07) is 24.1. The zero-order valence-electron chi connectivity index (χ0n) is 20.4. The molecule has 0 bridgehead atoms. The Morgan fingerprint density at radius 2 is 1.77 bits per heavy atom. The van der Waals surface area contributed by atoms with Gasteiger partial charge in [-0.15, -0.1) is 0 Å². The van der Waals surface area contributed by atoms with Crippen molar-refractivity contribution in [2.24, 2.45) is 0 Å². The van der Waals surface area contributed by atoms with Crippen LogP contribution in [0.1, 0.15) is 42.3 Å². The second-order valence-electron chi connectivity index (χ2n) is 9.18. The largest absolute Gasteiger partial charge is 0.497 e. The maximum absolute atomic E-state index is 13.2. The quantitative estimate of drug-likeness (QED) is 0.345. The van der Waals surface area contributed by atoms with E-state index in [1.165, 1.54) is 5.56 Å². The van der Waals surface area contributed by atoms with E-state index in [0.717, 1.165) is 51.2 Å². The van der Waals surface area contributed by atoms with Crippen molar-refractivity contribution in [1.29, 1.82) is 0 Å². The molecule has 1 amide bonds. The molecule has 2 heterocycles. The number of allylic oxidation sites excluding steroid dienone is 1. The number of amides is 1. The fourth-order valence-electron chi connectivity index (χ4n) is 4.80. The summed E-state index contributed by atoms with van der Waals surface area (Å²) in [5, 5.41) is 1.15. The Bertz CT molecular complexity index is 1370. The second kappa shape index (κ2) is 9.71. The molecule has 35 heavy (non-hydrogen) atoms. The molecule has 178 valence electrons. The van der Waals surface area contributed by atoms with Gasteiger partial charge in [0.2, 0.25) is 5.91 Å². The van der Waals surface area contributed by atoms with Crippen molar-refractivity contribution in [3.63, 3.8) is 0 Å². The average molecular weight is 467 g/mol. The van der Waals surface area contributed by atoms with E-state index >= 15 is 0 Å². The number of rotatable bonds is 6. The van der Waals surface area contributed by atoms with Gasteiger partial charge in [-0.3, -0.25) is 4.79 Å². The number of nitrogens with one attached hydrogen (secondary N) is 1. The van der Waals surface area contributed by atoms with Crippen LogP contribution in [0.25, 0.3) is 10.9 Å². The summed E-state index contributed by atoms with van der Waals surface area (Å²) in [6.07, 6.45) is 2.51. The molecule has 1 aliphatic heterocycles. The van der Waals surface area contributed by atoms with Gasteiger partial charge in [0, 0.05) is 29.2 Å². The van der Waals surface area contributed by atoms with Crippen molar-refractivity contribution in [3.05, 3.63) is 107 Å². The number of aromatic amines is 1. The van der Waals surface area contributed by atoms with Crippen molar-refractivity contribution in [3.8, 4) is 11.5 Å². The lowest BCUT2D eigenvalue weighted by atomic mass is 9.92. The van der Waals surface area contributed by atoms with Crippen LogP contribution in [0.3, 0.4) is 0 Å². The summed E-state index contributed by atoms with van der Waals surface area (Å²) in [5.41, 5.74) is 6.53. The third-order valence-corrected chi connectivity index (χ3v) is 6.47. The van der Waals surface area contributed by atoms with Gasteiger partial charge in [-0.1, -0.05) is 48.0 Å². The number of nitrogens with zero attached hydrogens (tertiary/aromatic N) is 1. The van der Waals surface area contributed by atoms with Gasteiger partial charge in [0.15, 0.2) is 0 Å². The Balaban J connectivity index is 1.50. The third-order valence-electron chi connectivity index (χ3n) is 6.47. The molecule has 0 spiro atoms. The molecule has 3 aromatic carbocycles. The SMILES string of the molecule is COc1ccc2[nH]c3c(c2c1)CCN(C(=O)C=C(C)C)[C@H]3c1ccc(OCc2ccccc2)cc1. The van der Waals surface area contributed by atoms with E-state index in [1.54, 1.807) is 13.2 Å². The summed E-state index contributed by atoms with van der Waals surface area (Å²) in [7, 11) is 1.68. The highest BCUT2D eigenvalue weighted by molar-refractivity contribution is 5.91. The lowest BCUT2D eigenvalue weighted by Gasteiger charge is -2.36. The Morgan fingerprint density at radius 1 is 1.03 bits per heavy atom. The van der Waals surface area contributed by atoms with Crippen LogP contribution in [0.15, 0.2) is 84.4 Å². The smallest absolute Gasteiger partial charge is 0.247 e. The maximum atomic E-state index is 13.2. The first-order valence-electron chi connectivity index (χ1n) is 11.9. The van der Waals surface area contributed by atoms with E-state index in [4.69, 9.17) is 9.47 Å². The predicted molar refractivity (Wildman–Crippen MR) is 139 cm³/mol. The number of benzene rings is 3. The van der Waals surface area contributed by atoms with Crippen LogP contribution in [0.5, 0.6) is 11.5 Å². The van der Waals surface area contributed by atoms with Crippen molar-refractivity contribution in [2.75, 3.05) is 13.7 Å². The van der Waals surface area contributed by atoms with Crippen molar-refractivity contribution < 1.29 is 14.3 Å². The minimum Gasteiger partial charge on any atom is -0.497 e. The number of methoxy groups -OCH3 is 1. The first-order chi connectivity index (χ1) is 17.0. The number of fused-ring (bicyclic) bond motifs is 3. The molecule has 5 heteroatoms. The predicted octanol–water partition coefficient (Wildman–Crippen LogP) is 6.20. The molecule has 1 N–H and O–H groups in total. The van der Waals surface area contributed by atoms with Gasteiger partial charge >= 0.3 is 0 Å². The Morgan fingerprint density at radius 3 is 2.49 bits per heavy atom. The minimum absolute atomic E-state index is 0.0290. The van der Waals surface area contributed by atoms with E-state index in [2.05, 4.69) is 35.3 Å². The number of H-pyrrole nitrogens is 1. The minimum atomic E-state index is -0.205. The van der Waals surface area contributed by atoms with E-state index in [0.29, 0.717) is 13.2 Å². The third kappa shape index (κ3) is 4.67. The first kappa shape index (κ1) is 22.8. The number of hydrogen-bond acceptors (Lipinski definition) is 3. The Kier molecular flexibility index (Phi) is 6.32. The highest BCUT2D eigenvalue weighted by atomic mass is 16.5. The van der Waals surface area contributed by atoms with E-state index < -0.39 is 0 Å². The molecule has 5 nitrogen and oxygen atoms in total. The summed E-state index contributed by atoms with van der Waals surface area (Å²) >= 11 is 0. The monoisotopic (exact) mass is 466 g/mol. The first-order valence-corrected chi connectivity index (χ1v) is 11.9. The fourth-order valence-corrected chi connectivity index (χ4v) is 4.80. The normalized spacial score (nSPS) is 14.9. The number of ether oxygens (including phenoxy) is 2. The highest BCUT2D eigenvalue weighted by Crippen LogP contribution is 2.40. The van der Waals surface area contributed by atoms with Crippen LogP contribution >= 0.6 is 0 Å². The van der Waals surface area contributed by atoms with Crippen LogP contribution in [0.2, 0.25) is 0 Å². The molecule has 0 fully saturated rings. The molecule has 1 aromatic heterocycles. The molecule has 0 radical (unpaired) electrons. The molecular weight excluding hydrogens is 436 g/mol. The fraction of sp³-hybridized carbons (Fsp3) is 0.233. The molecular formula is C30H30N2O3. The molecule has 0 aliphatic carbocycles. The zero-order chi connectivity index (χ0) is 24.4. The number of hydrogen-bond donors (Lipinski definition) is 1.